The molecular formula is C33H35N3O5S. The van der Waals surface area contributed by atoms with Crippen molar-refractivity contribution in [3.05, 3.63) is 126 Å². The lowest BCUT2D eigenvalue weighted by Gasteiger charge is -2.33. The summed E-state index contributed by atoms with van der Waals surface area (Å²) in [6.45, 7) is 1.83. The summed E-state index contributed by atoms with van der Waals surface area (Å²) in [5, 5.41) is 2.86. The highest BCUT2D eigenvalue weighted by Gasteiger charge is 2.34. The van der Waals surface area contributed by atoms with Gasteiger partial charge in [-0.15, -0.1) is 0 Å². The van der Waals surface area contributed by atoms with Crippen LogP contribution in [0.25, 0.3) is 0 Å². The molecule has 1 atom stereocenters. The van der Waals surface area contributed by atoms with Crippen molar-refractivity contribution < 1.29 is 22.7 Å². The van der Waals surface area contributed by atoms with Gasteiger partial charge in [-0.25, -0.2) is 8.42 Å². The Bertz CT molecular complexity index is 1550. The summed E-state index contributed by atoms with van der Waals surface area (Å²) in [6, 6.07) is 32.4. The van der Waals surface area contributed by atoms with Crippen molar-refractivity contribution >= 4 is 27.5 Å². The number of nitrogens with zero attached hydrogens (tertiary/aromatic N) is 2. The molecule has 0 spiro atoms. The number of anilines is 1. The minimum atomic E-state index is -4.17. The molecule has 9 heteroatoms. The lowest BCUT2D eigenvalue weighted by atomic mass is 10.0. The molecule has 0 aliphatic rings. The normalized spacial score (nSPS) is 11.8. The third-order valence-electron chi connectivity index (χ3n) is 6.79. The molecule has 0 saturated carbocycles. The smallest absolute Gasteiger partial charge is 0.264 e. The number of carbonyl (C=O) groups excluding carboxylic acids is 2. The molecule has 4 aromatic carbocycles. The maximum Gasteiger partial charge on any atom is 0.264 e. The van der Waals surface area contributed by atoms with E-state index < -0.39 is 28.5 Å². The Kier molecular flexibility index (Phi) is 10.3. The third kappa shape index (κ3) is 7.55. The zero-order valence-corrected chi connectivity index (χ0v) is 24.5. The van der Waals surface area contributed by atoms with Crippen LogP contribution in [0.2, 0.25) is 0 Å². The summed E-state index contributed by atoms with van der Waals surface area (Å²) in [4.78, 5) is 29.2. The van der Waals surface area contributed by atoms with Crippen molar-refractivity contribution in [3.63, 3.8) is 0 Å². The molecule has 0 unspecified atom stereocenters. The fourth-order valence-electron chi connectivity index (χ4n) is 4.62. The number of amides is 2. The van der Waals surface area contributed by atoms with Gasteiger partial charge in [0.15, 0.2) is 0 Å². The molecule has 1 N–H and O–H groups in total. The third-order valence-corrected chi connectivity index (χ3v) is 8.58. The van der Waals surface area contributed by atoms with E-state index in [1.54, 1.807) is 42.5 Å². The minimum absolute atomic E-state index is 0.0131. The van der Waals surface area contributed by atoms with Gasteiger partial charge in [-0.3, -0.25) is 13.9 Å². The molecule has 0 aliphatic carbocycles. The van der Waals surface area contributed by atoms with Gasteiger partial charge in [-0.1, -0.05) is 78.9 Å². The van der Waals surface area contributed by atoms with E-state index in [9.17, 15) is 18.0 Å². The quantitative estimate of drug-likeness (QED) is 0.246. The van der Waals surface area contributed by atoms with E-state index in [0.717, 1.165) is 15.4 Å². The van der Waals surface area contributed by atoms with Gasteiger partial charge in [0.25, 0.3) is 10.0 Å². The van der Waals surface area contributed by atoms with Crippen LogP contribution in [0.4, 0.5) is 5.69 Å². The average Bonchev–Trinajstić information content (AvgIpc) is 3.03. The zero-order chi connectivity index (χ0) is 30.0. The maximum absolute atomic E-state index is 14.3. The molecule has 4 rings (SSSR count). The predicted octanol–water partition coefficient (Wildman–Crippen LogP) is 4.67. The van der Waals surface area contributed by atoms with Crippen LogP contribution in [0, 0.1) is 0 Å². The Morgan fingerprint density at radius 1 is 0.786 bits per heavy atom. The van der Waals surface area contributed by atoms with Crippen molar-refractivity contribution in [2.24, 2.45) is 0 Å². The van der Waals surface area contributed by atoms with Crippen molar-refractivity contribution in [1.82, 2.24) is 10.2 Å². The molecule has 0 saturated heterocycles. The van der Waals surface area contributed by atoms with Crippen LogP contribution in [-0.2, 0) is 32.6 Å². The summed E-state index contributed by atoms with van der Waals surface area (Å²) in [6.07, 6.45) is 0.266. The molecule has 0 aromatic heterocycles. The van der Waals surface area contributed by atoms with Gasteiger partial charge in [0.1, 0.15) is 18.3 Å². The first-order valence-corrected chi connectivity index (χ1v) is 15.1. The van der Waals surface area contributed by atoms with Crippen LogP contribution >= 0.6 is 0 Å². The first kappa shape index (κ1) is 30.3. The molecule has 0 radical (unpaired) electrons. The molecule has 42 heavy (non-hydrogen) atoms. The summed E-state index contributed by atoms with van der Waals surface area (Å²) in [5.41, 5.74) is 2.03. The number of benzene rings is 4. The Morgan fingerprint density at radius 3 is 1.88 bits per heavy atom. The summed E-state index contributed by atoms with van der Waals surface area (Å²) >= 11 is 0. The fraction of sp³-hybridized carbons (Fsp3) is 0.212. The van der Waals surface area contributed by atoms with Gasteiger partial charge in [-0.2, -0.15) is 0 Å². The van der Waals surface area contributed by atoms with Crippen molar-refractivity contribution in [1.29, 1.82) is 0 Å². The Balaban J connectivity index is 1.76. The number of methoxy groups -OCH3 is 1. The molecule has 0 aliphatic heterocycles. The number of para-hydroxylation sites is 1. The highest BCUT2D eigenvalue weighted by Crippen LogP contribution is 2.26. The molecule has 4 aromatic rings. The van der Waals surface area contributed by atoms with E-state index in [0.29, 0.717) is 18.0 Å². The number of hydrogen-bond acceptors (Lipinski definition) is 5. The first-order valence-electron chi connectivity index (χ1n) is 13.7. The minimum Gasteiger partial charge on any atom is -0.497 e. The predicted molar refractivity (Wildman–Crippen MR) is 164 cm³/mol. The average molecular weight is 586 g/mol. The van der Waals surface area contributed by atoms with Crippen LogP contribution < -0.4 is 14.4 Å². The second-order valence-corrected chi connectivity index (χ2v) is 11.5. The summed E-state index contributed by atoms with van der Waals surface area (Å²) < 4.78 is 34.2. The zero-order valence-electron chi connectivity index (χ0n) is 23.7. The van der Waals surface area contributed by atoms with Crippen LogP contribution in [0.5, 0.6) is 5.75 Å². The number of likely N-dealkylation sites (N-methyl/N-ethyl adjacent to an activating group) is 1. The summed E-state index contributed by atoms with van der Waals surface area (Å²) in [7, 11) is -2.67. The van der Waals surface area contributed by atoms with Crippen molar-refractivity contribution in [2.45, 2.75) is 30.8 Å². The number of nitrogens with one attached hydrogen (secondary N) is 1. The van der Waals surface area contributed by atoms with Gasteiger partial charge in [-0.05, 0) is 54.4 Å². The first-order chi connectivity index (χ1) is 20.3. The molecule has 0 fully saturated rings. The standard InChI is InChI=1S/C33H35N3O5S/c1-3-34-33(38)31(23-26-13-7-4-8-14-26)35(24-27-15-9-5-10-16-27)32(37)25-36(28-17-11-6-12-18-28)42(39,40)30-21-19-29(41-2)20-22-30/h4-22,31H,3,23-25H2,1-2H3,(H,34,38)/t31-/m0/s1. The van der Waals surface area contributed by atoms with Gasteiger partial charge >= 0.3 is 0 Å². The van der Waals surface area contributed by atoms with Gasteiger partial charge < -0.3 is 15.0 Å². The number of rotatable bonds is 13. The second kappa shape index (κ2) is 14.3. The number of carbonyl (C=O) groups is 2. The van der Waals surface area contributed by atoms with Crippen LogP contribution in [-0.4, -0.2) is 51.4 Å². The van der Waals surface area contributed by atoms with Gasteiger partial charge in [0.2, 0.25) is 11.8 Å². The summed E-state index contributed by atoms with van der Waals surface area (Å²) in [5.74, 6) is -0.308. The Labute approximate surface area is 247 Å². The van der Waals surface area contributed by atoms with E-state index >= 15 is 0 Å². The lowest BCUT2D eigenvalue weighted by Crippen LogP contribution is -2.53. The molecule has 2 amide bonds. The van der Waals surface area contributed by atoms with Crippen LogP contribution in [0.1, 0.15) is 18.1 Å². The maximum atomic E-state index is 14.3. The second-order valence-electron chi connectivity index (χ2n) is 9.63. The highest BCUT2D eigenvalue weighted by molar-refractivity contribution is 7.92. The van der Waals surface area contributed by atoms with Crippen molar-refractivity contribution in [3.8, 4) is 5.75 Å². The number of sulfonamides is 1. The van der Waals surface area contributed by atoms with Crippen molar-refractivity contribution in [2.75, 3.05) is 24.5 Å². The SMILES string of the molecule is CCNC(=O)[C@H](Cc1ccccc1)N(Cc1ccccc1)C(=O)CN(c1ccccc1)S(=O)(=O)c1ccc(OC)cc1. The molecule has 0 bridgehead atoms. The van der Waals surface area contributed by atoms with E-state index in [-0.39, 0.29) is 23.8 Å². The monoisotopic (exact) mass is 585 g/mol. The number of ether oxygens (including phenoxy) is 1. The largest absolute Gasteiger partial charge is 0.497 e. The van der Waals surface area contributed by atoms with Crippen LogP contribution in [0.15, 0.2) is 120 Å². The van der Waals surface area contributed by atoms with E-state index in [2.05, 4.69) is 5.32 Å². The highest BCUT2D eigenvalue weighted by atomic mass is 32.2. The molecular weight excluding hydrogens is 550 g/mol. The molecule has 0 heterocycles. The molecule has 8 nitrogen and oxygen atoms in total. The topological polar surface area (TPSA) is 96.0 Å². The Hall–Kier alpha value is -4.63. The van der Waals surface area contributed by atoms with E-state index in [4.69, 9.17) is 4.74 Å². The van der Waals surface area contributed by atoms with Gasteiger partial charge in [0.05, 0.1) is 17.7 Å². The Morgan fingerprint density at radius 2 is 1.33 bits per heavy atom. The fourth-order valence-corrected chi connectivity index (χ4v) is 6.04. The molecule has 218 valence electrons. The lowest BCUT2D eigenvalue weighted by molar-refractivity contribution is -0.140. The van der Waals surface area contributed by atoms with Crippen LogP contribution in [0.3, 0.4) is 0 Å². The van der Waals surface area contributed by atoms with E-state index in [1.807, 2.05) is 67.6 Å². The van der Waals surface area contributed by atoms with Gasteiger partial charge in [0, 0.05) is 19.5 Å². The number of hydrogen-bond donors (Lipinski definition) is 1. The van der Waals surface area contributed by atoms with E-state index in [1.165, 1.54) is 24.1 Å².